The number of hydrogen-bond donors (Lipinski definition) is 0. The van der Waals surface area contributed by atoms with E-state index >= 15 is 0 Å². The molecule has 0 unspecified atom stereocenters. The molecule has 22 heavy (non-hydrogen) atoms. The maximum absolute atomic E-state index is 5.03. The van der Waals surface area contributed by atoms with Crippen molar-refractivity contribution in [3.05, 3.63) is 71.8 Å². The van der Waals surface area contributed by atoms with E-state index in [2.05, 4.69) is 73.8 Å². The van der Waals surface area contributed by atoms with Crippen LogP contribution in [0.15, 0.2) is 65.7 Å². The van der Waals surface area contributed by atoms with E-state index in [-0.39, 0.29) is 11.5 Å². The zero-order chi connectivity index (χ0) is 15.3. The summed E-state index contributed by atoms with van der Waals surface area (Å²) in [7, 11) is 0. The Morgan fingerprint density at radius 2 is 1.32 bits per heavy atom. The number of nitrogens with zero attached hydrogens (tertiary/aromatic N) is 1. The summed E-state index contributed by atoms with van der Waals surface area (Å²) in [6.45, 7) is 2.36. The lowest BCUT2D eigenvalue weighted by atomic mass is 9.77. The molecule has 1 aliphatic rings. The summed E-state index contributed by atoms with van der Waals surface area (Å²) < 4.78 is 0. The smallest absolute Gasteiger partial charge is 0.0995 e. The quantitative estimate of drug-likeness (QED) is 0.630. The van der Waals surface area contributed by atoms with Gasteiger partial charge in [-0.1, -0.05) is 86.8 Å². The molecule has 2 aromatic carbocycles. The van der Waals surface area contributed by atoms with Gasteiger partial charge in [0.05, 0.1) is 6.04 Å². The van der Waals surface area contributed by atoms with Crippen LogP contribution in [0, 0.1) is 5.41 Å². The largest absolute Gasteiger partial charge is 0.284 e. The summed E-state index contributed by atoms with van der Waals surface area (Å²) in [6.07, 6.45) is 8.84. The van der Waals surface area contributed by atoms with Gasteiger partial charge in [0.25, 0.3) is 0 Å². The normalized spacial score (nSPS) is 17.9. The zero-order valence-electron chi connectivity index (χ0n) is 13.4. The highest BCUT2D eigenvalue weighted by Crippen LogP contribution is 2.35. The first kappa shape index (κ1) is 15.0. The lowest BCUT2D eigenvalue weighted by molar-refractivity contribution is 0.318. The van der Waals surface area contributed by atoms with Crippen molar-refractivity contribution in [1.82, 2.24) is 0 Å². The average Bonchev–Trinajstić information content (AvgIpc) is 2.58. The molecule has 0 aromatic heterocycles. The van der Waals surface area contributed by atoms with E-state index in [4.69, 9.17) is 4.99 Å². The van der Waals surface area contributed by atoms with E-state index in [0.29, 0.717) is 0 Å². The van der Waals surface area contributed by atoms with Gasteiger partial charge in [-0.15, -0.1) is 0 Å². The standard InChI is InChI=1S/C21H25N/c1-21(15-9-4-10-16-21)17-22-20(18-11-5-2-6-12-18)19-13-7-3-8-14-19/h2-3,5-8,11-14,17,20H,4,9-10,15-16H2,1H3/b22-17+. The van der Waals surface area contributed by atoms with Crippen molar-refractivity contribution in [3.63, 3.8) is 0 Å². The number of rotatable bonds is 4. The van der Waals surface area contributed by atoms with Crippen LogP contribution in [-0.2, 0) is 0 Å². The van der Waals surface area contributed by atoms with Crippen molar-refractivity contribution >= 4 is 6.21 Å². The SMILES string of the molecule is CC1(/C=N/C(c2ccccc2)c2ccccc2)CCCCC1. The maximum Gasteiger partial charge on any atom is 0.0995 e. The molecule has 0 spiro atoms. The Kier molecular flexibility index (Phi) is 4.72. The summed E-state index contributed by atoms with van der Waals surface area (Å²) in [5.74, 6) is 0. The molecule has 1 heteroatoms. The van der Waals surface area contributed by atoms with Crippen LogP contribution in [0.4, 0.5) is 0 Å². The highest BCUT2D eigenvalue weighted by atomic mass is 14.8. The fourth-order valence-corrected chi connectivity index (χ4v) is 3.38. The number of hydrogen-bond acceptors (Lipinski definition) is 1. The second kappa shape index (κ2) is 6.91. The molecule has 2 aromatic rings. The predicted octanol–water partition coefficient (Wildman–Crippen LogP) is 5.82. The Hall–Kier alpha value is -1.89. The van der Waals surface area contributed by atoms with Crippen LogP contribution in [0.3, 0.4) is 0 Å². The molecule has 0 radical (unpaired) electrons. The molecule has 1 aliphatic carbocycles. The second-order valence-corrected chi connectivity index (χ2v) is 6.72. The van der Waals surface area contributed by atoms with E-state index in [0.717, 1.165) is 0 Å². The Balaban J connectivity index is 1.89. The minimum atomic E-state index is 0.112. The first-order valence-corrected chi connectivity index (χ1v) is 8.41. The topological polar surface area (TPSA) is 12.4 Å². The molecule has 0 atom stereocenters. The number of benzene rings is 2. The minimum absolute atomic E-state index is 0.112. The van der Waals surface area contributed by atoms with Gasteiger partial charge in [-0.3, -0.25) is 4.99 Å². The number of aliphatic imine (C=N–C) groups is 1. The third-order valence-corrected chi connectivity index (χ3v) is 4.76. The fourth-order valence-electron chi connectivity index (χ4n) is 3.38. The third kappa shape index (κ3) is 3.65. The molecule has 0 saturated heterocycles. The summed E-state index contributed by atoms with van der Waals surface area (Å²) in [4.78, 5) is 5.03. The highest BCUT2D eigenvalue weighted by Gasteiger charge is 2.25. The Labute approximate surface area is 134 Å². The van der Waals surface area contributed by atoms with Crippen LogP contribution in [-0.4, -0.2) is 6.21 Å². The molecular weight excluding hydrogens is 266 g/mol. The molecule has 0 heterocycles. The van der Waals surface area contributed by atoms with Gasteiger partial charge in [0.15, 0.2) is 0 Å². The predicted molar refractivity (Wildman–Crippen MR) is 94.4 cm³/mol. The van der Waals surface area contributed by atoms with Crippen LogP contribution in [0.2, 0.25) is 0 Å². The highest BCUT2D eigenvalue weighted by molar-refractivity contribution is 5.66. The summed E-state index contributed by atoms with van der Waals surface area (Å²) in [5, 5.41) is 0. The van der Waals surface area contributed by atoms with Crippen LogP contribution in [0.25, 0.3) is 0 Å². The molecule has 3 rings (SSSR count). The van der Waals surface area contributed by atoms with E-state index in [1.807, 2.05) is 0 Å². The summed E-state index contributed by atoms with van der Waals surface area (Å²) in [6, 6.07) is 21.4. The zero-order valence-corrected chi connectivity index (χ0v) is 13.4. The van der Waals surface area contributed by atoms with Gasteiger partial charge < -0.3 is 0 Å². The second-order valence-electron chi connectivity index (χ2n) is 6.72. The van der Waals surface area contributed by atoms with Crippen molar-refractivity contribution in [3.8, 4) is 0 Å². The summed E-state index contributed by atoms with van der Waals surface area (Å²) in [5.41, 5.74) is 2.81. The van der Waals surface area contributed by atoms with Gasteiger partial charge in [-0.25, -0.2) is 0 Å². The van der Waals surface area contributed by atoms with Crippen molar-refractivity contribution in [2.75, 3.05) is 0 Å². The molecular formula is C21H25N. The van der Waals surface area contributed by atoms with Crippen molar-refractivity contribution < 1.29 is 0 Å². The van der Waals surface area contributed by atoms with Gasteiger partial charge in [0.1, 0.15) is 0 Å². The van der Waals surface area contributed by atoms with Crippen LogP contribution in [0.1, 0.15) is 56.2 Å². The monoisotopic (exact) mass is 291 g/mol. The maximum atomic E-state index is 5.03. The van der Waals surface area contributed by atoms with Crippen molar-refractivity contribution in [2.24, 2.45) is 10.4 Å². The van der Waals surface area contributed by atoms with Crippen LogP contribution >= 0.6 is 0 Å². The lowest BCUT2D eigenvalue weighted by Gasteiger charge is -2.30. The Morgan fingerprint density at radius 1 is 0.818 bits per heavy atom. The van der Waals surface area contributed by atoms with Gasteiger partial charge in [-0.2, -0.15) is 0 Å². The van der Waals surface area contributed by atoms with E-state index in [1.54, 1.807) is 0 Å². The van der Waals surface area contributed by atoms with Gasteiger partial charge in [-0.05, 0) is 24.0 Å². The first-order chi connectivity index (χ1) is 10.8. The molecule has 1 nitrogen and oxygen atoms in total. The lowest BCUT2D eigenvalue weighted by Crippen LogP contribution is -2.22. The van der Waals surface area contributed by atoms with Gasteiger partial charge in [0.2, 0.25) is 0 Å². The fraction of sp³-hybridized carbons (Fsp3) is 0.381. The van der Waals surface area contributed by atoms with E-state index < -0.39 is 0 Å². The van der Waals surface area contributed by atoms with Gasteiger partial charge >= 0.3 is 0 Å². The Morgan fingerprint density at radius 3 is 1.82 bits per heavy atom. The van der Waals surface area contributed by atoms with Crippen LogP contribution in [0.5, 0.6) is 0 Å². The van der Waals surface area contributed by atoms with E-state index in [9.17, 15) is 0 Å². The molecule has 0 amide bonds. The Bertz CT molecular complexity index is 555. The van der Waals surface area contributed by atoms with Crippen molar-refractivity contribution in [1.29, 1.82) is 0 Å². The molecule has 1 saturated carbocycles. The molecule has 0 aliphatic heterocycles. The van der Waals surface area contributed by atoms with E-state index in [1.165, 1.54) is 43.2 Å². The van der Waals surface area contributed by atoms with Gasteiger partial charge in [0, 0.05) is 11.6 Å². The molecule has 0 bridgehead atoms. The minimum Gasteiger partial charge on any atom is -0.284 e. The third-order valence-electron chi connectivity index (χ3n) is 4.76. The average molecular weight is 291 g/mol. The molecule has 0 N–H and O–H groups in total. The first-order valence-electron chi connectivity index (χ1n) is 8.41. The van der Waals surface area contributed by atoms with Crippen molar-refractivity contribution in [2.45, 2.75) is 45.1 Å². The van der Waals surface area contributed by atoms with Crippen LogP contribution < -0.4 is 0 Å². The molecule has 1 fully saturated rings. The molecule has 114 valence electrons. The summed E-state index contributed by atoms with van der Waals surface area (Å²) >= 11 is 0.